The zero-order chi connectivity index (χ0) is 14.5. The quantitative estimate of drug-likeness (QED) is 0.926. The molecule has 1 fully saturated rings. The van der Waals surface area contributed by atoms with Crippen LogP contribution in [0.4, 0.5) is 0 Å². The minimum absolute atomic E-state index is 0.0262. The lowest BCUT2D eigenvalue weighted by molar-refractivity contribution is -0.145. The van der Waals surface area contributed by atoms with Crippen molar-refractivity contribution in [2.24, 2.45) is 0 Å². The van der Waals surface area contributed by atoms with Gasteiger partial charge in [-0.3, -0.25) is 4.79 Å². The first-order chi connectivity index (χ1) is 9.65. The van der Waals surface area contributed by atoms with Crippen LogP contribution in [0.5, 0.6) is 0 Å². The Balaban J connectivity index is 2.21. The Bertz CT molecular complexity index is 467. The number of benzene rings is 1. The number of carbonyl (C=O) groups is 1. The van der Waals surface area contributed by atoms with E-state index in [1.807, 2.05) is 36.1 Å². The Labute approximate surface area is 125 Å². The molecule has 0 bridgehead atoms. The molecule has 0 aromatic heterocycles. The summed E-state index contributed by atoms with van der Waals surface area (Å²) in [5.41, 5.74) is 0.985. The molecule has 110 valence electrons. The van der Waals surface area contributed by atoms with E-state index in [-0.39, 0.29) is 11.9 Å². The van der Waals surface area contributed by atoms with Gasteiger partial charge in [0.2, 0.25) is 0 Å². The number of rotatable bonds is 4. The van der Waals surface area contributed by atoms with Gasteiger partial charge in [-0.2, -0.15) is 0 Å². The summed E-state index contributed by atoms with van der Waals surface area (Å²) in [6.07, 6.45) is -0.414. The third kappa shape index (κ3) is 3.32. The van der Waals surface area contributed by atoms with Gasteiger partial charge in [-0.15, -0.1) is 0 Å². The number of piperazine rings is 1. The molecule has 1 heterocycles. The summed E-state index contributed by atoms with van der Waals surface area (Å²) in [5.74, 6) is 0.0262. The van der Waals surface area contributed by atoms with Crippen molar-refractivity contribution in [3.05, 3.63) is 34.9 Å². The number of amides is 1. The van der Waals surface area contributed by atoms with Crippen LogP contribution in [-0.2, 0) is 9.53 Å². The molecule has 1 aromatic carbocycles. The number of hydrogen-bond donors (Lipinski definition) is 1. The highest BCUT2D eigenvalue weighted by Crippen LogP contribution is 2.29. The lowest BCUT2D eigenvalue weighted by Crippen LogP contribution is -2.51. The topological polar surface area (TPSA) is 41.6 Å². The van der Waals surface area contributed by atoms with Gasteiger partial charge in [0.05, 0.1) is 6.04 Å². The number of carbonyl (C=O) groups excluding carboxylic acids is 1. The third-order valence-electron chi connectivity index (χ3n) is 3.56. The summed E-state index contributed by atoms with van der Waals surface area (Å²) in [7, 11) is 0. The minimum Gasteiger partial charge on any atom is -0.369 e. The monoisotopic (exact) mass is 296 g/mol. The van der Waals surface area contributed by atoms with Gasteiger partial charge in [0, 0.05) is 31.3 Å². The highest BCUT2D eigenvalue weighted by atomic mass is 35.5. The molecule has 0 radical (unpaired) electrons. The third-order valence-corrected chi connectivity index (χ3v) is 3.90. The highest BCUT2D eigenvalue weighted by Gasteiger charge is 2.31. The van der Waals surface area contributed by atoms with E-state index in [2.05, 4.69) is 5.32 Å². The predicted octanol–water partition coefficient (Wildman–Crippen LogP) is 2.24. The minimum atomic E-state index is -0.414. The molecule has 1 amide bonds. The van der Waals surface area contributed by atoms with Gasteiger partial charge in [0.15, 0.2) is 0 Å². The molecule has 1 saturated heterocycles. The Hall–Kier alpha value is -1.10. The van der Waals surface area contributed by atoms with E-state index in [1.54, 1.807) is 6.92 Å². The van der Waals surface area contributed by atoms with Gasteiger partial charge in [0.25, 0.3) is 5.91 Å². The standard InChI is InChI=1S/C15H21ClN2O2/c1-3-20-11(2)15(19)18-9-8-17-10-14(18)12-6-4-5-7-13(12)16/h4-7,11,14,17H,3,8-10H2,1-2H3. The molecule has 0 spiro atoms. The van der Waals surface area contributed by atoms with E-state index in [9.17, 15) is 4.79 Å². The second-order valence-corrected chi connectivity index (χ2v) is 5.28. The molecule has 1 aliphatic rings. The van der Waals surface area contributed by atoms with E-state index in [4.69, 9.17) is 16.3 Å². The number of nitrogens with zero attached hydrogens (tertiary/aromatic N) is 1. The first kappa shape index (κ1) is 15.3. The molecule has 1 aromatic rings. The maximum absolute atomic E-state index is 12.5. The number of halogens is 1. The van der Waals surface area contributed by atoms with Crippen LogP contribution in [0.3, 0.4) is 0 Å². The van der Waals surface area contributed by atoms with E-state index in [0.717, 1.165) is 12.1 Å². The lowest BCUT2D eigenvalue weighted by atomic mass is 10.0. The SMILES string of the molecule is CCOC(C)C(=O)N1CCNCC1c1ccccc1Cl. The second kappa shape index (κ2) is 7.07. The zero-order valence-electron chi connectivity index (χ0n) is 11.9. The smallest absolute Gasteiger partial charge is 0.252 e. The summed E-state index contributed by atoms with van der Waals surface area (Å²) in [6, 6.07) is 7.65. The van der Waals surface area contributed by atoms with Crippen molar-refractivity contribution >= 4 is 17.5 Å². The molecule has 1 N–H and O–H groups in total. The Morgan fingerprint density at radius 1 is 1.55 bits per heavy atom. The molecule has 5 heteroatoms. The van der Waals surface area contributed by atoms with Crippen molar-refractivity contribution in [1.82, 2.24) is 10.2 Å². The first-order valence-electron chi connectivity index (χ1n) is 7.02. The molecule has 20 heavy (non-hydrogen) atoms. The van der Waals surface area contributed by atoms with Gasteiger partial charge < -0.3 is 15.0 Å². The van der Waals surface area contributed by atoms with E-state index < -0.39 is 6.10 Å². The van der Waals surface area contributed by atoms with Crippen LogP contribution in [0.1, 0.15) is 25.5 Å². The second-order valence-electron chi connectivity index (χ2n) is 4.87. The summed E-state index contributed by atoms with van der Waals surface area (Å²) < 4.78 is 5.43. The Morgan fingerprint density at radius 3 is 3.00 bits per heavy atom. The predicted molar refractivity (Wildman–Crippen MR) is 79.9 cm³/mol. The van der Waals surface area contributed by atoms with Crippen LogP contribution in [0.2, 0.25) is 5.02 Å². The maximum Gasteiger partial charge on any atom is 0.252 e. The molecule has 2 atom stereocenters. The summed E-state index contributed by atoms with van der Waals surface area (Å²) >= 11 is 6.27. The van der Waals surface area contributed by atoms with Crippen molar-refractivity contribution in [1.29, 1.82) is 0 Å². The molecule has 0 saturated carbocycles. The Kier molecular flexibility index (Phi) is 5.40. The van der Waals surface area contributed by atoms with Crippen molar-refractivity contribution in [2.75, 3.05) is 26.2 Å². The summed E-state index contributed by atoms with van der Waals surface area (Å²) in [5, 5.41) is 4.02. The highest BCUT2D eigenvalue weighted by molar-refractivity contribution is 6.31. The van der Waals surface area contributed by atoms with E-state index >= 15 is 0 Å². The van der Waals surface area contributed by atoms with Crippen molar-refractivity contribution in [3.63, 3.8) is 0 Å². The van der Waals surface area contributed by atoms with Crippen LogP contribution in [0, 0.1) is 0 Å². The average Bonchev–Trinajstić information content (AvgIpc) is 2.47. The molecule has 1 aliphatic heterocycles. The summed E-state index contributed by atoms with van der Waals surface area (Å²) in [6.45, 7) is 6.42. The van der Waals surface area contributed by atoms with Crippen molar-refractivity contribution in [2.45, 2.75) is 26.0 Å². The molecule has 2 rings (SSSR count). The molecular weight excluding hydrogens is 276 g/mol. The zero-order valence-corrected chi connectivity index (χ0v) is 12.7. The van der Waals surface area contributed by atoms with Crippen LogP contribution in [-0.4, -0.2) is 43.2 Å². The van der Waals surface area contributed by atoms with Crippen LogP contribution >= 0.6 is 11.6 Å². The molecular formula is C15H21ClN2O2. The Morgan fingerprint density at radius 2 is 2.30 bits per heavy atom. The molecule has 2 unspecified atom stereocenters. The fraction of sp³-hybridized carbons (Fsp3) is 0.533. The van der Waals surface area contributed by atoms with Gasteiger partial charge in [-0.1, -0.05) is 29.8 Å². The molecule has 4 nitrogen and oxygen atoms in total. The number of nitrogens with one attached hydrogen (secondary N) is 1. The van der Waals surface area contributed by atoms with Gasteiger partial charge >= 0.3 is 0 Å². The molecule has 0 aliphatic carbocycles. The largest absolute Gasteiger partial charge is 0.369 e. The van der Waals surface area contributed by atoms with Crippen molar-refractivity contribution in [3.8, 4) is 0 Å². The number of ether oxygens (including phenoxy) is 1. The van der Waals surface area contributed by atoms with Gasteiger partial charge in [0.1, 0.15) is 6.10 Å². The lowest BCUT2D eigenvalue weighted by Gasteiger charge is -2.38. The maximum atomic E-state index is 12.5. The van der Waals surface area contributed by atoms with E-state index in [0.29, 0.717) is 24.7 Å². The van der Waals surface area contributed by atoms with Crippen LogP contribution in [0.15, 0.2) is 24.3 Å². The van der Waals surface area contributed by atoms with Gasteiger partial charge in [-0.25, -0.2) is 0 Å². The average molecular weight is 297 g/mol. The fourth-order valence-electron chi connectivity index (χ4n) is 2.55. The number of hydrogen-bond acceptors (Lipinski definition) is 3. The fourth-order valence-corrected chi connectivity index (χ4v) is 2.81. The first-order valence-corrected chi connectivity index (χ1v) is 7.40. The van der Waals surface area contributed by atoms with E-state index in [1.165, 1.54) is 0 Å². The summed E-state index contributed by atoms with van der Waals surface area (Å²) in [4.78, 5) is 14.4. The van der Waals surface area contributed by atoms with Crippen LogP contribution < -0.4 is 5.32 Å². The van der Waals surface area contributed by atoms with Gasteiger partial charge in [-0.05, 0) is 25.5 Å². The van der Waals surface area contributed by atoms with Crippen molar-refractivity contribution < 1.29 is 9.53 Å². The van der Waals surface area contributed by atoms with Crippen LogP contribution in [0.25, 0.3) is 0 Å². The normalized spacial score (nSPS) is 20.8.